The minimum atomic E-state index is 0.489. The summed E-state index contributed by atoms with van der Waals surface area (Å²) in [7, 11) is 0. The standard InChI is InChI=1S/C13H23NO/c1-2-12-11(4-7-15-12)14-10-8-13(9-10)5-3-6-13/h10-12,14H,2-9H2,1H3/t11-,12+/m1/s1. The molecule has 2 atom stereocenters. The average Bonchev–Trinajstić information content (AvgIpc) is 2.54. The molecule has 15 heavy (non-hydrogen) atoms. The first-order valence-corrected chi connectivity index (χ1v) is 6.69. The van der Waals surface area contributed by atoms with Crippen molar-refractivity contribution in [1.82, 2.24) is 5.32 Å². The van der Waals surface area contributed by atoms with Crippen LogP contribution in [0.5, 0.6) is 0 Å². The van der Waals surface area contributed by atoms with Crippen LogP contribution in [0.3, 0.4) is 0 Å². The molecule has 86 valence electrons. The molecule has 2 nitrogen and oxygen atoms in total. The summed E-state index contributed by atoms with van der Waals surface area (Å²) in [5.74, 6) is 0. The second-order valence-electron chi connectivity index (χ2n) is 5.84. The molecule has 1 aliphatic heterocycles. The van der Waals surface area contributed by atoms with Crippen LogP contribution in [0, 0.1) is 5.41 Å². The lowest BCUT2D eigenvalue weighted by molar-refractivity contribution is -0.0111. The highest BCUT2D eigenvalue weighted by molar-refractivity contribution is 5.03. The van der Waals surface area contributed by atoms with Crippen molar-refractivity contribution in [2.45, 2.75) is 70.1 Å². The lowest BCUT2D eigenvalue weighted by Gasteiger charge is -2.55. The van der Waals surface area contributed by atoms with Crippen LogP contribution >= 0.6 is 0 Å². The van der Waals surface area contributed by atoms with E-state index in [2.05, 4.69) is 12.2 Å². The molecule has 3 fully saturated rings. The van der Waals surface area contributed by atoms with E-state index in [1.54, 1.807) is 0 Å². The van der Waals surface area contributed by atoms with Gasteiger partial charge in [0.2, 0.25) is 0 Å². The summed E-state index contributed by atoms with van der Waals surface area (Å²) >= 11 is 0. The first-order valence-electron chi connectivity index (χ1n) is 6.69. The van der Waals surface area contributed by atoms with E-state index in [0.29, 0.717) is 12.1 Å². The SMILES string of the molecule is CC[C@@H]1OCC[C@H]1NC1CC2(CCC2)C1. The van der Waals surface area contributed by atoms with Gasteiger partial charge in [-0.2, -0.15) is 0 Å². The summed E-state index contributed by atoms with van der Waals surface area (Å²) in [6, 6.07) is 1.46. The monoisotopic (exact) mass is 209 g/mol. The molecule has 0 radical (unpaired) electrons. The number of hydrogen-bond donors (Lipinski definition) is 1. The van der Waals surface area contributed by atoms with Gasteiger partial charge in [-0.3, -0.25) is 0 Å². The molecular weight excluding hydrogens is 186 g/mol. The van der Waals surface area contributed by atoms with Gasteiger partial charge in [0.05, 0.1) is 6.10 Å². The Morgan fingerprint density at radius 2 is 2.13 bits per heavy atom. The molecule has 3 aliphatic rings. The fraction of sp³-hybridized carbons (Fsp3) is 1.00. The normalized spacial score (nSPS) is 39.0. The Labute approximate surface area is 92.8 Å². The van der Waals surface area contributed by atoms with Crippen molar-refractivity contribution >= 4 is 0 Å². The van der Waals surface area contributed by atoms with E-state index in [4.69, 9.17) is 4.74 Å². The van der Waals surface area contributed by atoms with Gasteiger partial charge in [0, 0.05) is 18.7 Å². The molecule has 0 amide bonds. The molecule has 3 rings (SSSR count). The lowest BCUT2D eigenvalue weighted by Crippen LogP contribution is -2.55. The largest absolute Gasteiger partial charge is 0.377 e. The first kappa shape index (κ1) is 10.1. The van der Waals surface area contributed by atoms with Crippen LogP contribution in [0.1, 0.15) is 51.9 Å². The highest BCUT2D eigenvalue weighted by atomic mass is 16.5. The molecular formula is C13H23NO. The number of nitrogens with one attached hydrogen (secondary N) is 1. The predicted molar refractivity (Wildman–Crippen MR) is 60.9 cm³/mol. The zero-order chi connectivity index (χ0) is 10.3. The average molecular weight is 209 g/mol. The molecule has 0 aromatic carbocycles. The zero-order valence-corrected chi connectivity index (χ0v) is 9.80. The Kier molecular flexibility index (Phi) is 2.52. The second kappa shape index (κ2) is 3.74. The third kappa shape index (κ3) is 1.72. The molecule has 1 heterocycles. The molecule has 0 bridgehead atoms. The Morgan fingerprint density at radius 1 is 1.33 bits per heavy atom. The Hall–Kier alpha value is -0.0800. The van der Waals surface area contributed by atoms with E-state index >= 15 is 0 Å². The minimum Gasteiger partial charge on any atom is -0.377 e. The van der Waals surface area contributed by atoms with E-state index in [1.807, 2.05) is 0 Å². The van der Waals surface area contributed by atoms with Crippen molar-refractivity contribution < 1.29 is 4.74 Å². The molecule has 1 saturated heterocycles. The quantitative estimate of drug-likeness (QED) is 0.771. The number of ether oxygens (including phenoxy) is 1. The molecule has 2 heteroatoms. The van der Waals surface area contributed by atoms with Crippen molar-refractivity contribution in [2.75, 3.05) is 6.61 Å². The van der Waals surface area contributed by atoms with E-state index in [-0.39, 0.29) is 0 Å². The highest BCUT2D eigenvalue weighted by Crippen LogP contribution is 2.55. The Balaban J connectivity index is 1.46. The molecule has 1 N–H and O–H groups in total. The third-order valence-electron chi connectivity index (χ3n) is 4.83. The van der Waals surface area contributed by atoms with Gasteiger partial charge in [-0.05, 0) is 43.9 Å². The summed E-state index contributed by atoms with van der Waals surface area (Å²) in [6.45, 7) is 3.20. The molecule has 0 aromatic heterocycles. The van der Waals surface area contributed by atoms with Gasteiger partial charge < -0.3 is 10.1 Å². The fourth-order valence-corrected chi connectivity index (χ4v) is 3.73. The van der Waals surface area contributed by atoms with Crippen molar-refractivity contribution in [1.29, 1.82) is 0 Å². The summed E-state index contributed by atoms with van der Waals surface area (Å²) in [4.78, 5) is 0. The maximum absolute atomic E-state index is 5.71. The van der Waals surface area contributed by atoms with Crippen LogP contribution in [-0.4, -0.2) is 24.8 Å². The molecule has 2 saturated carbocycles. The smallest absolute Gasteiger partial charge is 0.0726 e. The Bertz CT molecular complexity index is 229. The van der Waals surface area contributed by atoms with Crippen LogP contribution in [-0.2, 0) is 4.74 Å². The third-order valence-corrected chi connectivity index (χ3v) is 4.83. The van der Waals surface area contributed by atoms with E-state index in [0.717, 1.165) is 24.5 Å². The van der Waals surface area contributed by atoms with Gasteiger partial charge >= 0.3 is 0 Å². The Morgan fingerprint density at radius 3 is 2.73 bits per heavy atom. The van der Waals surface area contributed by atoms with Gasteiger partial charge in [0.15, 0.2) is 0 Å². The second-order valence-corrected chi connectivity index (χ2v) is 5.84. The predicted octanol–water partition coefficient (Wildman–Crippen LogP) is 2.48. The van der Waals surface area contributed by atoms with E-state index in [9.17, 15) is 0 Å². The summed E-state index contributed by atoms with van der Waals surface area (Å²) < 4.78 is 5.71. The molecule has 2 aliphatic carbocycles. The van der Waals surface area contributed by atoms with Crippen molar-refractivity contribution in [3.05, 3.63) is 0 Å². The van der Waals surface area contributed by atoms with Crippen molar-refractivity contribution in [2.24, 2.45) is 5.41 Å². The van der Waals surface area contributed by atoms with Gasteiger partial charge in [0.25, 0.3) is 0 Å². The van der Waals surface area contributed by atoms with Gasteiger partial charge in [-0.25, -0.2) is 0 Å². The van der Waals surface area contributed by atoms with Crippen LogP contribution in [0.2, 0.25) is 0 Å². The summed E-state index contributed by atoms with van der Waals surface area (Å²) in [6.07, 6.45) is 10.3. The summed E-state index contributed by atoms with van der Waals surface area (Å²) in [5.41, 5.74) is 0.804. The van der Waals surface area contributed by atoms with Crippen LogP contribution < -0.4 is 5.32 Å². The minimum absolute atomic E-state index is 0.489. The van der Waals surface area contributed by atoms with Crippen molar-refractivity contribution in [3.8, 4) is 0 Å². The maximum Gasteiger partial charge on any atom is 0.0726 e. The lowest BCUT2D eigenvalue weighted by atomic mass is 9.54. The van der Waals surface area contributed by atoms with Gasteiger partial charge in [-0.1, -0.05) is 13.3 Å². The van der Waals surface area contributed by atoms with Gasteiger partial charge in [0.1, 0.15) is 0 Å². The molecule has 0 aromatic rings. The maximum atomic E-state index is 5.71. The molecule has 1 spiro atoms. The first-order chi connectivity index (χ1) is 7.31. The number of hydrogen-bond acceptors (Lipinski definition) is 2. The fourth-order valence-electron chi connectivity index (χ4n) is 3.73. The van der Waals surface area contributed by atoms with E-state index in [1.165, 1.54) is 38.5 Å². The van der Waals surface area contributed by atoms with E-state index < -0.39 is 0 Å². The number of rotatable bonds is 3. The highest BCUT2D eigenvalue weighted by Gasteiger charge is 2.48. The van der Waals surface area contributed by atoms with Crippen molar-refractivity contribution in [3.63, 3.8) is 0 Å². The summed E-state index contributed by atoms with van der Waals surface area (Å²) in [5, 5.41) is 3.81. The zero-order valence-electron chi connectivity index (χ0n) is 9.80. The van der Waals surface area contributed by atoms with Crippen LogP contribution in [0.15, 0.2) is 0 Å². The topological polar surface area (TPSA) is 21.3 Å². The van der Waals surface area contributed by atoms with Crippen LogP contribution in [0.4, 0.5) is 0 Å². The van der Waals surface area contributed by atoms with Gasteiger partial charge in [-0.15, -0.1) is 0 Å². The van der Waals surface area contributed by atoms with Crippen LogP contribution in [0.25, 0.3) is 0 Å². The molecule has 0 unspecified atom stereocenters.